The molecule has 2 aromatic rings. The molecule has 2 aliphatic rings. The van der Waals surface area contributed by atoms with Gasteiger partial charge in [-0.25, -0.2) is 8.42 Å². The van der Waals surface area contributed by atoms with Crippen molar-refractivity contribution >= 4 is 49.9 Å². The zero-order valence-electron chi connectivity index (χ0n) is 16.3. The van der Waals surface area contributed by atoms with Crippen LogP contribution in [0, 0.1) is 5.92 Å². The number of hydrogen-bond donors (Lipinski definition) is 1. The van der Waals surface area contributed by atoms with Crippen LogP contribution in [0.4, 0.5) is 5.69 Å². The number of fused-ring (bicyclic) bond motifs is 3. The number of hydrogen-bond acceptors (Lipinski definition) is 6. The molecule has 6 nitrogen and oxygen atoms in total. The smallest absolute Gasteiger partial charge is 0.257 e. The summed E-state index contributed by atoms with van der Waals surface area (Å²) in [6.45, 7) is 4.69. The van der Waals surface area contributed by atoms with Crippen LogP contribution in [0.3, 0.4) is 0 Å². The van der Waals surface area contributed by atoms with Crippen molar-refractivity contribution in [3.05, 3.63) is 46.2 Å². The largest absolute Gasteiger partial charge is 0.344 e. The van der Waals surface area contributed by atoms with Crippen LogP contribution in [0.15, 0.2) is 45.0 Å². The van der Waals surface area contributed by atoms with E-state index in [0.717, 1.165) is 23.4 Å². The minimum absolute atomic E-state index is 0.0106. The molecule has 29 heavy (non-hydrogen) atoms. The Labute approximate surface area is 179 Å². The summed E-state index contributed by atoms with van der Waals surface area (Å²) in [5.41, 5.74) is 1.49. The van der Waals surface area contributed by atoms with Gasteiger partial charge in [0.25, 0.3) is 15.9 Å². The summed E-state index contributed by atoms with van der Waals surface area (Å²) < 4.78 is 27.4. The number of thiophene rings is 1. The molecule has 1 unspecified atom stereocenters. The molecule has 1 atom stereocenters. The Balaban J connectivity index is 1.58. The highest BCUT2D eigenvalue weighted by Gasteiger charge is 2.33. The third-order valence-electron chi connectivity index (χ3n) is 5.39. The van der Waals surface area contributed by atoms with Gasteiger partial charge in [0.1, 0.15) is 0 Å². The van der Waals surface area contributed by atoms with Crippen molar-refractivity contribution in [3.63, 3.8) is 0 Å². The monoisotopic (exact) mass is 449 g/mol. The van der Waals surface area contributed by atoms with Gasteiger partial charge in [-0.15, -0.1) is 15.7 Å². The van der Waals surface area contributed by atoms with Crippen LogP contribution in [0.25, 0.3) is 0 Å². The van der Waals surface area contributed by atoms with E-state index in [1.807, 2.05) is 28.5 Å². The zero-order valence-corrected chi connectivity index (χ0v) is 18.7. The summed E-state index contributed by atoms with van der Waals surface area (Å²) >= 11 is 2.97. The Hall–Kier alpha value is -1.84. The molecule has 0 saturated heterocycles. The number of amidine groups is 1. The first-order valence-electron chi connectivity index (χ1n) is 9.68. The van der Waals surface area contributed by atoms with Crippen LogP contribution >= 0.6 is 23.1 Å². The molecule has 1 aromatic carbocycles. The van der Waals surface area contributed by atoms with E-state index in [1.165, 1.54) is 16.6 Å². The van der Waals surface area contributed by atoms with E-state index in [2.05, 4.69) is 29.6 Å². The molecule has 0 spiro atoms. The molecular formula is C20H23N3O3S3. The van der Waals surface area contributed by atoms with E-state index >= 15 is 0 Å². The van der Waals surface area contributed by atoms with Gasteiger partial charge in [0.05, 0.1) is 17.5 Å². The van der Waals surface area contributed by atoms with Crippen LogP contribution in [-0.4, -0.2) is 31.8 Å². The molecule has 1 amide bonds. The molecule has 0 saturated carbocycles. The fraction of sp³-hybridized carbons (Fsp3) is 0.400. The second-order valence-corrected chi connectivity index (χ2v) is 10.9. The third kappa shape index (κ3) is 4.08. The maximum Gasteiger partial charge on any atom is 0.257 e. The van der Waals surface area contributed by atoms with Gasteiger partial charge < -0.3 is 10.2 Å². The highest BCUT2D eigenvalue weighted by Crippen LogP contribution is 2.42. The van der Waals surface area contributed by atoms with Gasteiger partial charge in [-0.05, 0) is 47.3 Å². The lowest BCUT2D eigenvalue weighted by molar-refractivity contribution is 0.0920. The van der Waals surface area contributed by atoms with Gasteiger partial charge in [0.15, 0.2) is 5.17 Å². The number of nitrogens with zero attached hydrogens (tertiary/aromatic N) is 2. The molecule has 0 radical (unpaired) electrons. The van der Waals surface area contributed by atoms with Crippen molar-refractivity contribution in [2.24, 2.45) is 10.3 Å². The van der Waals surface area contributed by atoms with E-state index in [4.69, 9.17) is 0 Å². The van der Waals surface area contributed by atoms with Crippen LogP contribution in [0.1, 0.15) is 48.0 Å². The maximum absolute atomic E-state index is 13.0. The van der Waals surface area contributed by atoms with Crippen molar-refractivity contribution in [1.82, 2.24) is 5.32 Å². The molecule has 9 heteroatoms. The van der Waals surface area contributed by atoms with Crippen LogP contribution < -0.4 is 10.2 Å². The maximum atomic E-state index is 13.0. The fourth-order valence-electron chi connectivity index (χ4n) is 3.75. The summed E-state index contributed by atoms with van der Waals surface area (Å²) in [6, 6.07) is 9.59. The molecular weight excluding hydrogens is 426 g/mol. The van der Waals surface area contributed by atoms with Crippen LogP contribution in [0.2, 0.25) is 0 Å². The minimum Gasteiger partial charge on any atom is -0.344 e. The number of benzene rings is 1. The summed E-state index contributed by atoms with van der Waals surface area (Å²) in [5.74, 6) is 0.268. The number of carbonyl (C=O) groups is 1. The lowest BCUT2D eigenvalue weighted by atomic mass is 9.92. The molecule has 1 N–H and O–H groups in total. The quantitative estimate of drug-likeness (QED) is 0.713. The highest BCUT2D eigenvalue weighted by atomic mass is 32.2. The predicted octanol–water partition coefficient (Wildman–Crippen LogP) is 4.27. The van der Waals surface area contributed by atoms with Gasteiger partial charge in [0, 0.05) is 21.9 Å². The highest BCUT2D eigenvalue weighted by molar-refractivity contribution is 8.15. The fourth-order valence-corrected chi connectivity index (χ4v) is 6.91. The van der Waals surface area contributed by atoms with Crippen molar-refractivity contribution in [3.8, 4) is 0 Å². The van der Waals surface area contributed by atoms with Gasteiger partial charge in [0.2, 0.25) is 0 Å². The van der Waals surface area contributed by atoms with E-state index in [0.29, 0.717) is 23.2 Å². The molecule has 154 valence electrons. The minimum atomic E-state index is -3.39. The number of sulfonamides is 1. The number of anilines is 1. The normalized spacial score (nSPS) is 18.2. The van der Waals surface area contributed by atoms with Gasteiger partial charge >= 0.3 is 0 Å². The average Bonchev–Trinajstić information content (AvgIpc) is 3.33. The molecule has 4 rings (SSSR count). The second-order valence-electron chi connectivity index (χ2n) is 7.14. The van der Waals surface area contributed by atoms with Gasteiger partial charge in [-0.3, -0.25) is 4.79 Å². The Bertz CT molecular complexity index is 1040. The average molecular weight is 450 g/mol. The first-order valence-corrected chi connectivity index (χ1v) is 13.0. The zero-order chi connectivity index (χ0) is 20.6. The van der Waals surface area contributed by atoms with E-state index < -0.39 is 10.0 Å². The van der Waals surface area contributed by atoms with E-state index in [-0.39, 0.29) is 17.7 Å². The van der Waals surface area contributed by atoms with E-state index in [9.17, 15) is 13.2 Å². The molecule has 1 aromatic heterocycles. The standard InChI is InChI=1S/C20H23N3O3S3/c1-3-13(4-2)18(16-6-5-10-27-16)21-19(24)14-7-8-15-17(12-14)28-20-22-29(25,26)11-9-23(15)20/h5-8,10,12-13,18H,3-4,9,11H2,1-2H3,(H,21,24). The summed E-state index contributed by atoms with van der Waals surface area (Å²) in [5, 5.41) is 5.73. The first kappa shape index (κ1) is 20.4. The molecule has 3 heterocycles. The first-order chi connectivity index (χ1) is 13.9. The van der Waals surface area contributed by atoms with Crippen molar-refractivity contribution in [1.29, 1.82) is 0 Å². The van der Waals surface area contributed by atoms with Gasteiger partial charge in [-0.1, -0.05) is 32.8 Å². The Morgan fingerprint density at radius 2 is 2.07 bits per heavy atom. The summed E-state index contributed by atoms with van der Waals surface area (Å²) in [6.07, 6.45) is 1.98. The van der Waals surface area contributed by atoms with Crippen LogP contribution in [0.5, 0.6) is 0 Å². The topological polar surface area (TPSA) is 78.8 Å². The number of thioether (sulfide) groups is 1. The lowest BCUT2D eigenvalue weighted by Gasteiger charge is -2.26. The van der Waals surface area contributed by atoms with Gasteiger partial charge in [-0.2, -0.15) is 0 Å². The SMILES string of the molecule is CCC(CC)C(NC(=O)c1ccc2c(c1)SC1=NS(=O)(=O)CCN12)c1cccs1. The number of carbonyl (C=O) groups excluding carboxylic acids is 1. The second kappa shape index (κ2) is 8.12. The van der Waals surface area contributed by atoms with E-state index in [1.54, 1.807) is 17.4 Å². The molecule has 2 aliphatic heterocycles. The molecule has 0 aliphatic carbocycles. The Morgan fingerprint density at radius 1 is 1.28 bits per heavy atom. The third-order valence-corrected chi connectivity index (χ3v) is 8.65. The number of nitrogens with one attached hydrogen (secondary N) is 1. The molecule has 0 bridgehead atoms. The summed E-state index contributed by atoms with van der Waals surface area (Å²) in [7, 11) is -3.39. The summed E-state index contributed by atoms with van der Waals surface area (Å²) in [4.78, 5) is 17.0. The Morgan fingerprint density at radius 3 is 2.76 bits per heavy atom. The van der Waals surface area contributed by atoms with Crippen molar-refractivity contribution in [2.75, 3.05) is 17.2 Å². The predicted molar refractivity (Wildman–Crippen MR) is 119 cm³/mol. The van der Waals surface area contributed by atoms with Crippen molar-refractivity contribution in [2.45, 2.75) is 37.6 Å². The Kier molecular flexibility index (Phi) is 5.72. The number of amides is 1. The molecule has 0 fully saturated rings. The van der Waals surface area contributed by atoms with Crippen LogP contribution in [-0.2, 0) is 10.0 Å². The van der Waals surface area contributed by atoms with Crippen molar-refractivity contribution < 1.29 is 13.2 Å². The number of rotatable bonds is 6. The lowest BCUT2D eigenvalue weighted by Crippen LogP contribution is -2.35.